The predicted molar refractivity (Wildman–Crippen MR) is 100 cm³/mol. The summed E-state index contributed by atoms with van der Waals surface area (Å²) in [6, 6.07) is 8.37. The monoisotopic (exact) mass is 440 g/mol. The highest BCUT2D eigenvalue weighted by atomic mass is 35.5. The summed E-state index contributed by atoms with van der Waals surface area (Å²) in [5.41, 5.74) is -1.47. The number of alkyl halides is 3. The number of fused-ring (bicyclic) bond motifs is 1. The van der Waals surface area contributed by atoms with Crippen molar-refractivity contribution in [3.63, 3.8) is 0 Å². The van der Waals surface area contributed by atoms with Crippen LogP contribution in [0.15, 0.2) is 53.3 Å². The number of anilines is 1. The number of furan rings is 1. The van der Waals surface area contributed by atoms with Crippen LogP contribution in [-0.2, 0) is 6.18 Å². The largest absolute Gasteiger partial charge is 0.463 e. The molecule has 3 heterocycles. The van der Waals surface area contributed by atoms with Crippen LogP contribution in [0, 0.1) is 0 Å². The molecular formula is C18H9Cl2F3N4O2. The molecule has 148 valence electrons. The quantitative estimate of drug-likeness (QED) is 0.452. The van der Waals surface area contributed by atoms with E-state index in [2.05, 4.69) is 15.4 Å². The SMILES string of the molecule is O=C(Nc1cccc(Cl)c1Cl)c1cnn2c(C(F)(F)F)cc(-c3ccco3)nc12. The second-order valence-corrected chi connectivity index (χ2v) is 6.64. The maximum Gasteiger partial charge on any atom is 0.433 e. The average Bonchev–Trinajstić information content (AvgIpc) is 3.33. The lowest BCUT2D eigenvalue weighted by atomic mass is 10.2. The maximum absolute atomic E-state index is 13.5. The Labute approximate surface area is 170 Å². The average molecular weight is 441 g/mol. The highest BCUT2D eigenvalue weighted by molar-refractivity contribution is 6.44. The van der Waals surface area contributed by atoms with Crippen molar-refractivity contribution in [2.75, 3.05) is 5.32 Å². The number of aromatic nitrogens is 3. The van der Waals surface area contributed by atoms with Crippen LogP contribution in [0.2, 0.25) is 10.0 Å². The fraction of sp³-hybridized carbons (Fsp3) is 0.0556. The number of rotatable bonds is 3. The molecule has 1 amide bonds. The molecule has 0 aliphatic heterocycles. The minimum atomic E-state index is -4.74. The van der Waals surface area contributed by atoms with E-state index in [0.717, 1.165) is 12.3 Å². The molecule has 4 rings (SSSR count). The molecule has 0 saturated heterocycles. The van der Waals surface area contributed by atoms with Crippen LogP contribution in [0.1, 0.15) is 16.1 Å². The minimum Gasteiger partial charge on any atom is -0.463 e. The Morgan fingerprint density at radius 3 is 2.66 bits per heavy atom. The number of hydrogen-bond acceptors (Lipinski definition) is 4. The molecule has 0 radical (unpaired) electrons. The Bertz CT molecular complexity index is 1220. The Morgan fingerprint density at radius 2 is 1.97 bits per heavy atom. The predicted octanol–water partition coefficient (Wildman–Crippen LogP) is 5.57. The summed E-state index contributed by atoms with van der Waals surface area (Å²) >= 11 is 12.0. The molecule has 3 aromatic heterocycles. The molecule has 6 nitrogen and oxygen atoms in total. The first kappa shape index (κ1) is 19.3. The van der Waals surface area contributed by atoms with Crippen LogP contribution in [0.5, 0.6) is 0 Å². The van der Waals surface area contributed by atoms with Crippen molar-refractivity contribution in [2.45, 2.75) is 6.18 Å². The van der Waals surface area contributed by atoms with Crippen molar-refractivity contribution in [3.05, 3.63) is 70.2 Å². The number of nitrogens with zero attached hydrogens (tertiary/aromatic N) is 3. The highest BCUT2D eigenvalue weighted by Crippen LogP contribution is 2.33. The van der Waals surface area contributed by atoms with Gasteiger partial charge in [0.2, 0.25) is 0 Å². The van der Waals surface area contributed by atoms with E-state index in [-0.39, 0.29) is 38.4 Å². The van der Waals surface area contributed by atoms with Gasteiger partial charge in [-0.05, 0) is 30.3 Å². The number of carbonyl (C=O) groups excluding carboxylic acids is 1. The highest BCUT2D eigenvalue weighted by Gasteiger charge is 2.36. The zero-order valence-corrected chi connectivity index (χ0v) is 15.7. The van der Waals surface area contributed by atoms with Crippen molar-refractivity contribution in [1.29, 1.82) is 0 Å². The van der Waals surface area contributed by atoms with E-state index >= 15 is 0 Å². The Balaban J connectivity index is 1.84. The molecule has 0 bridgehead atoms. The number of amides is 1. The topological polar surface area (TPSA) is 72.4 Å². The minimum absolute atomic E-state index is 0.0924. The second-order valence-electron chi connectivity index (χ2n) is 5.85. The fourth-order valence-electron chi connectivity index (χ4n) is 2.67. The first-order valence-electron chi connectivity index (χ1n) is 8.01. The van der Waals surface area contributed by atoms with Gasteiger partial charge < -0.3 is 9.73 Å². The Hall–Kier alpha value is -3.04. The lowest BCUT2D eigenvalue weighted by molar-refractivity contribution is -0.142. The molecule has 1 N–H and O–H groups in total. The number of carbonyl (C=O) groups is 1. The molecule has 0 fully saturated rings. The standard InChI is InChI=1S/C18H9Cl2F3N4O2/c19-10-3-1-4-11(15(10)20)26-17(28)9-8-24-27-14(18(21,22)23)7-12(25-16(9)27)13-5-2-6-29-13/h1-8H,(H,26,28). The molecule has 0 spiro atoms. The van der Waals surface area contributed by atoms with E-state index < -0.39 is 17.8 Å². The van der Waals surface area contributed by atoms with E-state index in [1.54, 1.807) is 6.07 Å². The van der Waals surface area contributed by atoms with Crippen LogP contribution in [0.3, 0.4) is 0 Å². The lowest BCUT2D eigenvalue weighted by Crippen LogP contribution is -2.16. The van der Waals surface area contributed by atoms with Gasteiger partial charge in [-0.3, -0.25) is 4.79 Å². The van der Waals surface area contributed by atoms with E-state index in [0.29, 0.717) is 4.52 Å². The molecule has 4 aromatic rings. The first-order valence-corrected chi connectivity index (χ1v) is 8.76. The van der Waals surface area contributed by atoms with E-state index in [1.165, 1.54) is 30.5 Å². The van der Waals surface area contributed by atoms with Gasteiger partial charge in [-0.15, -0.1) is 0 Å². The molecule has 11 heteroatoms. The maximum atomic E-state index is 13.5. The van der Waals surface area contributed by atoms with Crippen LogP contribution in [0.25, 0.3) is 17.1 Å². The third-order valence-corrected chi connectivity index (χ3v) is 4.80. The summed E-state index contributed by atoms with van der Waals surface area (Å²) in [5.74, 6) is -0.634. The Morgan fingerprint density at radius 1 is 1.17 bits per heavy atom. The summed E-state index contributed by atoms with van der Waals surface area (Å²) in [6.07, 6.45) is -2.44. The van der Waals surface area contributed by atoms with Crippen LogP contribution >= 0.6 is 23.2 Å². The summed E-state index contributed by atoms with van der Waals surface area (Å²) in [4.78, 5) is 16.8. The molecule has 0 unspecified atom stereocenters. The first-order chi connectivity index (χ1) is 13.8. The Kier molecular flexibility index (Phi) is 4.71. The second kappa shape index (κ2) is 7.09. The van der Waals surface area contributed by atoms with Gasteiger partial charge in [-0.1, -0.05) is 29.3 Å². The molecule has 29 heavy (non-hydrogen) atoms. The molecular weight excluding hydrogens is 432 g/mol. The van der Waals surface area contributed by atoms with Crippen LogP contribution in [-0.4, -0.2) is 20.5 Å². The third kappa shape index (κ3) is 3.54. The fourth-order valence-corrected chi connectivity index (χ4v) is 3.01. The van der Waals surface area contributed by atoms with Crippen molar-refractivity contribution >= 4 is 40.4 Å². The summed E-state index contributed by atoms with van der Waals surface area (Å²) in [5, 5.41) is 6.51. The van der Waals surface area contributed by atoms with E-state index in [1.807, 2.05) is 0 Å². The van der Waals surface area contributed by atoms with Crippen LogP contribution < -0.4 is 5.32 Å². The van der Waals surface area contributed by atoms with Crippen molar-refractivity contribution in [2.24, 2.45) is 0 Å². The van der Waals surface area contributed by atoms with Gasteiger partial charge in [-0.2, -0.15) is 18.3 Å². The number of benzene rings is 1. The van der Waals surface area contributed by atoms with Gasteiger partial charge in [0.1, 0.15) is 11.3 Å². The van der Waals surface area contributed by atoms with Crippen molar-refractivity contribution in [3.8, 4) is 11.5 Å². The van der Waals surface area contributed by atoms with Gasteiger partial charge >= 0.3 is 6.18 Å². The normalized spacial score (nSPS) is 11.8. The molecule has 0 atom stereocenters. The van der Waals surface area contributed by atoms with Gasteiger partial charge in [-0.25, -0.2) is 9.50 Å². The molecule has 0 aliphatic carbocycles. The van der Waals surface area contributed by atoms with Crippen molar-refractivity contribution in [1.82, 2.24) is 14.6 Å². The summed E-state index contributed by atoms with van der Waals surface area (Å²) in [6.45, 7) is 0. The number of nitrogens with one attached hydrogen (secondary N) is 1. The molecule has 0 saturated carbocycles. The zero-order valence-electron chi connectivity index (χ0n) is 14.2. The van der Waals surface area contributed by atoms with E-state index in [4.69, 9.17) is 27.6 Å². The summed E-state index contributed by atoms with van der Waals surface area (Å²) < 4.78 is 46.3. The number of halogens is 5. The summed E-state index contributed by atoms with van der Waals surface area (Å²) in [7, 11) is 0. The number of hydrogen-bond donors (Lipinski definition) is 1. The lowest BCUT2D eigenvalue weighted by Gasteiger charge is -2.11. The van der Waals surface area contributed by atoms with E-state index in [9.17, 15) is 18.0 Å². The smallest absolute Gasteiger partial charge is 0.433 e. The molecule has 1 aromatic carbocycles. The van der Waals surface area contributed by atoms with Crippen molar-refractivity contribution < 1.29 is 22.4 Å². The van der Waals surface area contributed by atoms with Crippen LogP contribution in [0.4, 0.5) is 18.9 Å². The van der Waals surface area contributed by atoms with Gasteiger partial charge in [0.25, 0.3) is 5.91 Å². The van der Waals surface area contributed by atoms with Gasteiger partial charge in [0.05, 0.1) is 28.2 Å². The molecule has 0 aliphatic rings. The third-order valence-electron chi connectivity index (χ3n) is 3.98. The van der Waals surface area contributed by atoms with Gasteiger partial charge in [0, 0.05) is 0 Å². The zero-order chi connectivity index (χ0) is 20.8. The van der Waals surface area contributed by atoms with Gasteiger partial charge in [0.15, 0.2) is 17.1 Å².